The Bertz CT molecular complexity index is 657. The van der Waals surface area contributed by atoms with Crippen LogP contribution < -0.4 is 4.74 Å². The molecule has 1 saturated heterocycles. The monoisotopic (exact) mass is 335 g/mol. The smallest absolute Gasteiger partial charge is 0.311 e. The summed E-state index contributed by atoms with van der Waals surface area (Å²) in [6, 6.07) is 5.49. The van der Waals surface area contributed by atoms with Crippen LogP contribution in [0, 0.1) is 17.2 Å². The number of carbonyl (C=O) groups is 2. The van der Waals surface area contributed by atoms with Gasteiger partial charge >= 0.3 is 5.97 Å². The minimum atomic E-state index is -1.14. The first kappa shape index (κ1) is 16.7. The van der Waals surface area contributed by atoms with Crippen LogP contribution in [0.15, 0.2) is 24.3 Å². The van der Waals surface area contributed by atoms with Gasteiger partial charge in [0.15, 0.2) is 5.60 Å². The van der Waals surface area contributed by atoms with E-state index in [2.05, 4.69) is 0 Å². The van der Waals surface area contributed by atoms with Crippen molar-refractivity contribution >= 4 is 11.9 Å². The van der Waals surface area contributed by atoms with Gasteiger partial charge in [-0.15, -0.1) is 0 Å². The number of carbonyl (C=O) groups excluding carboxylic acids is 1. The van der Waals surface area contributed by atoms with E-state index in [1.165, 1.54) is 24.3 Å². The van der Waals surface area contributed by atoms with Gasteiger partial charge in [-0.05, 0) is 56.9 Å². The molecule has 2 aliphatic rings. The normalized spacial score (nSPS) is 26.3. The number of ether oxygens (including phenoxy) is 1. The number of carboxylic acid groups (broad SMARTS) is 1. The molecule has 0 radical (unpaired) electrons. The fourth-order valence-electron chi connectivity index (χ4n) is 4.02. The fourth-order valence-corrected chi connectivity index (χ4v) is 4.02. The number of likely N-dealkylation sites (tertiary alicyclic amines) is 1. The highest BCUT2D eigenvalue weighted by atomic mass is 19.1. The number of rotatable bonds is 4. The summed E-state index contributed by atoms with van der Waals surface area (Å²) in [5.41, 5.74) is -1.95. The third-order valence-electron chi connectivity index (χ3n) is 5.29. The number of halogens is 1. The van der Waals surface area contributed by atoms with Crippen molar-refractivity contribution in [2.75, 3.05) is 13.1 Å². The molecule has 0 unspecified atom stereocenters. The van der Waals surface area contributed by atoms with E-state index in [1.54, 1.807) is 18.7 Å². The average molecular weight is 335 g/mol. The number of fused-ring (bicyclic) bond motifs is 1. The van der Waals surface area contributed by atoms with Crippen LogP contribution >= 0.6 is 0 Å². The Labute approximate surface area is 140 Å². The maximum atomic E-state index is 13.0. The minimum absolute atomic E-state index is 0.0144. The summed E-state index contributed by atoms with van der Waals surface area (Å²) < 4.78 is 18.7. The fraction of sp³-hybridized carbons (Fsp3) is 0.556. The predicted octanol–water partition coefficient (Wildman–Crippen LogP) is 2.70. The van der Waals surface area contributed by atoms with Gasteiger partial charge in [0.25, 0.3) is 5.91 Å². The van der Waals surface area contributed by atoms with Crippen molar-refractivity contribution in [1.29, 1.82) is 0 Å². The molecule has 0 aromatic heterocycles. The highest BCUT2D eigenvalue weighted by molar-refractivity contribution is 5.87. The van der Waals surface area contributed by atoms with Gasteiger partial charge in [-0.3, -0.25) is 9.59 Å². The summed E-state index contributed by atoms with van der Waals surface area (Å²) in [6.45, 7) is 4.00. The second-order valence-electron chi connectivity index (χ2n) is 7.30. The topological polar surface area (TPSA) is 66.8 Å². The van der Waals surface area contributed by atoms with Crippen LogP contribution in [0.3, 0.4) is 0 Å². The number of benzene rings is 1. The van der Waals surface area contributed by atoms with Crippen LogP contribution in [0.2, 0.25) is 0 Å². The molecule has 1 amide bonds. The van der Waals surface area contributed by atoms with Gasteiger partial charge < -0.3 is 14.7 Å². The molecule has 24 heavy (non-hydrogen) atoms. The molecular formula is C18H22FNO4. The van der Waals surface area contributed by atoms with Crippen LogP contribution in [-0.2, 0) is 9.59 Å². The molecule has 5 nitrogen and oxygen atoms in total. The second kappa shape index (κ2) is 5.76. The van der Waals surface area contributed by atoms with E-state index in [9.17, 15) is 19.1 Å². The van der Waals surface area contributed by atoms with E-state index in [-0.39, 0.29) is 24.2 Å². The van der Waals surface area contributed by atoms with E-state index in [1.807, 2.05) is 0 Å². The van der Waals surface area contributed by atoms with Crippen LogP contribution in [-0.4, -0.2) is 40.6 Å². The zero-order valence-electron chi connectivity index (χ0n) is 13.9. The summed E-state index contributed by atoms with van der Waals surface area (Å²) >= 11 is 0. The summed E-state index contributed by atoms with van der Waals surface area (Å²) in [5.74, 6) is -0.996. The number of aliphatic carboxylic acids is 1. The Morgan fingerprint density at radius 3 is 2.58 bits per heavy atom. The van der Waals surface area contributed by atoms with Gasteiger partial charge in [-0.25, -0.2) is 4.39 Å². The van der Waals surface area contributed by atoms with Gasteiger partial charge in [0, 0.05) is 13.1 Å². The number of amides is 1. The van der Waals surface area contributed by atoms with Crippen molar-refractivity contribution in [2.45, 2.75) is 38.7 Å². The van der Waals surface area contributed by atoms with Crippen molar-refractivity contribution in [3.05, 3.63) is 30.1 Å². The molecule has 1 aromatic rings. The molecule has 0 bridgehead atoms. The molecule has 6 heteroatoms. The van der Waals surface area contributed by atoms with Crippen molar-refractivity contribution in [1.82, 2.24) is 4.90 Å². The van der Waals surface area contributed by atoms with Crippen LogP contribution in [0.4, 0.5) is 4.39 Å². The van der Waals surface area contributed by atoms with E-state index in [0.29, 0.717) is 18.7 Å². The Morgan fingerprint density at radius 1 is 1.33 bits per heavy atom. The van der Waals surface area contributed by atoms with E-state index >= 15 is 0 Å². The maximum absolute atomic E-state index is 13.0. The standard InChI is InChI=1S/C18H22FNO4/c1-17(2,24-14-7-5-13(19)6-8-14)15(21)20-10-12-4-3-9-18(12,11-20)16(22)23/h5-8,12H,3-4,9-11H2,1-2H3,(H,22,23)/t12-,18+/m0/s1. The Morgan fingerprint density at radius 2 is 2.00 bits per heavy atom. The van der Waals surface area contributed by atoms with Crippen molar-refractivity contribution < 1.29 is 23.8 Å². The second-order valence-corrected chi connectivity index (χ2v) is 7.30. The summed E-state index contributed by atoms with van der Waals surface area (Å²) in [6.07, 6.45) is 2.36. The molecule has 0 spiro atoms. The molecule has 1 aliphatic carbocycles. The SMILES string of the molecule is CC(C)(Oc1ccc(F)cc1)C(=O)N1C[C@@H]2CCC[C@@]2(C(=O)O)C1. The highest BCUT2D eigenvalue weighted by Crippen LogP contribution is 2.49. The van der Waals surface area contributed by atoms with Crippen molar-refractivity contribution in [3.8, 4) is 5.75 Å². The largest absolute Gasteiger partial charge is 0.481 e. The van der Waals surface area contributed by atoms with Crippen LogP contribution in [0.5, 0.6) is 5.75 Å². The zero-order chi connectivity index (χ0) is 17.5. The van der Waals surface area contributed by atoms with Gasteiger partial charge in [0.05, 0.1) is 5.41 Å². The van der Waals surface area contributed by atoms with Crippen molar-refractivity contribution in [3.63, 3.8) is 0 Å². The number of carboxylic acids is 1. The third-order valence-corrected chi connectivity index (χ3v) is 5.29. The summed E-state index contributed by atoms with van der Waals surface area (Å²) in [4.78, 5) is 26.2. The summed E-state index contributed by atoms with van der Waals surface area (Å²) in [7, 11) is 0. The minimum Gasteiger partial charge on any atom is -0.481 e. The zero-order valence-corrected chi connectivity index (χ0v) is 13.9. The highest BCUT2D eigenvalue weighted by Gasteiger charge is 2.57. The predicted molar refractivity (Wildman–Crippen MR) is 85.1 cm³/mol. The molecule has 1 N–H and O–H groups in total. The van der Waals surface area contributed by atoms with E-state index in [4.69, 9.17) is 4.74 Å². The lowest BCUT2D eigenvalue weighted by atomic mass is 9.81. The van der Waals surface area contributed by atoms with Crippen LogP contribution in [0.25, 0.3) is 0 Å². The van der Waals surface area contributed by atoms with E-state index in [0.717, 1.165) is 12.8 Å². The molecular weight excluding hydrogens is 313 g/mol. The Balaban J connectivity index is 1.74. The first-order chi connectivity index (χ1) is 11.2. The Kier molecular flexibility index (Phi) is 4.01. The molecule has 3 rings (SSSR count). The molecule has 1 aromatic carbocycles. The van der Waals surface area contributed by atoms with Gasteiger partial charge in [-0.2, -0.15) is 0 Å². The number of hydrogen-bond acceptors (Lipinski definition) is 3. The van der Waals surface area contributed by atoms with Gasteiger partial charge in [-0.1, -0.05) is 6.42 Å². The van der Waals surface area contributed by atoms with Crippen molar-refractivity contribution in [2.24, 2.45) is 11.3 Å². The quantitative estimate of drug-likeness (QED) is 0.919. The first-order valence-corrected chi connectivity index (χ1v) is 8.22. The lowest BCUT2D eigenvalue weighted by Crippen LogP contribution is -2.49. The van der Waals surface area contributed by atoms with E-state index < -0.39 is 17.0 Å². The third kappa shape index (κ3) is 2.74. The molecule has 130 valence electrons. The number of nitrogens with zero attached hydrogens (tertiary/aromatic N) is 1. The number of hydrogen-bond donors (Lipinski definition) is 1. The maximum Gasteiger partial charge on any atom is 0.311 e. The first-order valence-electron chi connectivity index (χ1n) is 8.22. The lowest BCUT2D eigenvalue weighted by Gasteiger charge is -2.31. The molecule has 1 heterocycles. The Hall–Kier alpha value is -2.11. The molecule has 2 fully saturated rings. The van der Waals surface area contributed by atoms with Gasteiger partial charge in [0.2, 0.25) is 0 Å². The summed E-state index contributed by atoms with van der Waals surface area (Å²) in [5, 5.41) is 9.63. The lowest BCUT2D eigenvalue weighted by molar-refractivity contribution is -0.151. The average Bonchev–Trinajstić information content (AvgIpc) is 3.06. The van der Waals surface area contributed by atoms with Crippen LogP contribution in [0.1, 0.15) is 33.1 Å². The molecule has 2 atom stereocenters. The van der Waals surface area contributed by atoms with Gasteiger partial charge in [0.1, 0.15) is 11.6 Å². The molecule has 1 aliphatic heterocycles. The molecule has 1 saturated carbocycles.